The van der Waals surface area contributed by atoms with Crippen LogP contribution in [-0.2, 0) is 33.7 Å². The maximum atomic E-state index is 4.93. The van der Waals surface area contributed by atoms with Crippen LogP contribution >= 0.6 is 54.0 Å². The molecule has 0 spiro atoms. The van der Waals surface area contributed by atoms with E-state index in [1.807, 2.05) is 11.8 Å². The Labute approximate surface area is 303 Å². The molecule has 0 N–H and O–H groups in total. The van der Waals surface area contributed by atoms with Crippen LogP contribution in [0.5, 0.6) is 0 Å². The summed E-state index contributed by atoms with van der Waals surface area (Å²) in [4.78, 5) is 2.81. The third kappa shape index (κ3) is 9.31. The first-order valence-electron chi connectivity index (χ1n) is 16.1. The Kier molecular flexibility index (Phi) is 17.2. The van der Waals surface area contributed by atoms with E-state index in [1.165, 1.54) is 32.0 Å². The van der Waals surface area contributed by atoms with Gasteiger partial charge in [-0.15, -0.1) is 0 Å². The van der Waals surface area contributed by atoms with Gasteiger partial charge < -0.3 is 14.9 Å². The van der Waals surface area contributed by atoms with Crippen LogP contribution in [0.2, 0.25) is 0 Å². The molecule has 8 rings (SSSR count). The molecule has 4 saturated carbocycles. The SMILES string of the molecule is C1=Cc2cccc(Sc3cccc4c3CC=C4)c2C1.C1CC2CCCC2C(SC2CCCC3CCCC32)C1.S.[CH3-].[CH3-].[Cl][Zr+2][Cl]. The molecule has 240 valence electrons. The van der Waals surface area contributed by atoms with Crippen molar-refractivity contribution >= 4 is 66.2 Å². The zero-order valence-electron chi connectivity index (χ0n) is 26.7. The van der Waals surface area contributed by atoms with Gasteiger partial charge in [-0.05, 0) is 96.6 Å². The molecule has 6 unspecified atom stereocenters. The number of allylic oxidation sites excluding steroid dienone is 2. The van der Waals surface area contributed by atoms with E-state index in [0.717, 1.165) is 47.0 Å². The summed E-state index contributed by atoms with van der Waals surface area (Å²) in [5.41, 5.74) is 5.73. The fourth-order valence-electron chi connectivity index (χ4n) is 8.81. The van der Waals surface area contributed by atoms with Gasteiger partial charge in [-0.1, -0.05) is 112 Å². The number of benzene rings is 2. The van der Waals surface area contributed by atoms with Gasteiger partial charge in [-0.25, -0.2) is 0 Å². The summed E-state index contributed by atoms with van der Waals surface area (Å²) >= 11 is 3.59. The van der Waals surface area contributed by atoms with E-state index in [2.05, 4.69) is 72.5 Å². The molecule has 2 aromatic rings. The Morgan fingerprint density at radius 2 is 1.00 bits per heavy atom. The molecule has 44 heavy (non-hydrogen) atoms. The second kappa shape index (κ2) is 19.4. The molecule has 0 nitrogen and oxygen atoms in total. The van der Waals surface area contributed by atoms with Gasteiger partial charge in [0.15, 0.2) is 0 Å². The van der Waals surface area contributed by atoms with Gasteiger partial charge in [0.05, 0.1) is 0 Å². The van der Waals surface area contributed by atoms with Crippen molar-refractivity contribution < 1.29 is 20.8 Å². The molecular weight excluding hydrogens is 715 g/mol. The Morgan fingerprint density at radius 3 is 1.43 bits per heavy atom. The van der Waals surface area contributed by atoms with Crippen molar-refractivity contribution in [2.24, 2.45) is 23.7 Å². The number of fused-ring (bicyclic) bond motifs is 4. The van der Waals surface area contributed by atoms with Crippen LogP contribution in [0.3, 0.4) is 0 Å². The normalized spacial score (nSPS) is 28.1. The van der Waals surface area contributed by atoms with Crippen molar-refractivity contribution in [1.29, 1.82) is 0 Å². The molecule has 0 radical (unpaired) electrons. The van der Waals surface area contributed by atoms with Crippen molar-refractivity contribution in [2.75, 3.05) is 0 Å². The van der Waals surface area contributed by atoms with Crippen LogP contribution < -0.4 is 0 Å². The number of thioether (sulfide) groups is 1. The quantitative estimate of drug-likeness (QED) is 0.284. The van der Waals surface area contributed by atoms with E-state index in [0.29, 0.717) is 0 Å². The zero-order chi connectivity index (χ0) is 28.0. The van der Waals surface area contributed by atoms with E-state index in [4.69, 9.17) is 17.0 Å². The molecule has 6 atom stereocenters. The summed E-state index contributed by atoms with van der Waals surface area (Å²) in [6.07, 6.45) is 29.8. The predicted molar refractivity (Wildman–Crippen MR) is 202 cm³/mol. The van der Waals surface area contributed by atoms with Crippen molar-refractivity contribution in [2.45, 2.75) is 110 Å². The first-order chi connectivity index (χ1) is 20.2. The summed E-state index contributed by atoms with van der Waals surface area (Å²) in [6.45, 7) is 0. The van der Waals surface area contributed by atoms with Crippen LogP contribution in [-0.4, -0.2) is 10.5 Å². The van der Waals surface area contributed by atoms with Crippen LogP contribution in [0.15, 0.2) is 58.3 Å². The number of rotatable bonds is 4. The molecule has 0 heterocycles. The molecule has 6 aliphatic rings. The Hall–Kier alpha value is 0.433. The molecule has 6 aliphatic carbocycles. The van der Waals surface area contributed by atoms with E-state index in [9.17, 15) is 0 Å². The first-order valence-corrected chi connectivity index (χ1v) is 24.2. The molecule has 0 aromatic heterocycles. The maximum absolute atomic E-state index is 4.93. The topological polar surface area (TPSA) is 0 Å². The summed E-state index contributed by atoms with van der Waals surface area (Å²) in [7, 11) is 9.87. The van der Waals surface area contributed by atoms with E-state index in [1.54, 1.807) is 77.0 Å². The molecular formula is C38H52Cl2S3Zr. The Morgan fingerprint density at radius 1 is 0.591 bits per heavy atom. The average molecular weight is 767 g/mol. The molecule has 0 bridgehead atoms. The number of hydrogen-bond acceptors (Lipinski definition) is 2. The molecule has 0 saturated heterocycles. The molecule has 4 fully saturated rings. The Bertz CT molecular complexity index is 1140. The second-order valence-electron chi connectivity index (χ2n) is 12.8. The third-order valence-corrected chi connectivity index (χ3v) is 13.7. The van der Waals surface area contributed by atoms with Gasteiger partial charge in [0.1, 0.15) is 0 Å². The zero-order valence-corrected chi connectivity index (χ0v) is 33.3. The van der Waals surface area contributed by atoms with Crippen molar-refractivity contribution in [3.8, 4) is 0 Å². The van der Waals surface area contributed by atoms with Gasteiger partial charge in [-0.3, -0.25) is 0 Å². The van der Waals surface area contributed by atoms with Gasteiger partial charge in [-0.2, -0.15) is 25.3 Å². The first kappa shape index (κ1) is 38.9. The number of halogens is 2. The molecule has 6 heteroatoms. The molecule has 0 amide bonds. The van der Waals surface area contributed by atoms with Gasteiger partial charge in [0, 0.05) is 20.3 Å². The van der Waals surface area contributed by atoms with Gasteiger partial charge in [0.2, 0.25) is 0 Å². The van der Waals surface area contributed by atoms with Crippen molar-refractivity contribution in [1.82, 2.24) is 0 Å². The second-order valence-corrected chi connectivity index (χ2v) is 19.1. The van der Waals surface area contributed by atoms with Crippen LogP contribution in [0.4, 0.5) is 0 Å². The van der Waals surface area contributed by atoms with Crippen LogP contribution in [0.25, 0.3) is 12.2 Å². The van der Waals surface area contributed by atoms with E-state index < -0.39 is 20.8 Å². The third-order valence-electron chi connectivity index (χ3n) is 10.7. The summed E-state index contributed by atoms with van der Waals surface area (Å²) in [5, 5.41) is 2.12. The fourth-order valence-corrected chi connectivity index (χ4v) is 12.2. The van der Waals surface area contributed by atoms with Crippen molar-refractivity contribution in [3.05, 3.63) is 85.7 Å². The molecule has 0 aliphatic heterocycles. The summed E-state index contributed by atoms with van der Waals surface area (Å²) in [5.74, 6) is 4.52. The van der Waals surface area contributed by atoms with Crippen LogP contribution in [0.1, 0.15) is 99.3 Å². The van der Waals surface area contributed by atoms with Gasteiger partial charge >= 0.3 is 37.9 Å². The summed E-state index contributed by atoms with van der Waals surface area (Å²) in [6, 6.07) is 13.2. The van der Waals surface area contributed by atoms with Crippen molar-refractivity contribution in [3.63, 3.8) is 0 Å². The van der Waals surface area contributed by atoms with Gasteiger partial charge in [0.25, 0.3) is 0 Å². The average Bonchev–Trinajstić information content (AvgIpc) is 3.80. The Balaban J connectivity index is 0.000000208. The predicted octanol–water partition coefficient (Wildman–Crippen LogP) is 13.0. The fraction of sp³-hybridized carbons (Fsp3) is 0.526. The summed E-state index contributed by atoms with van der Waals surface area (Å²) < 4.78 is 0. The monoisotopic (exact) mass is 764 g/mol. The minimum atomic E-state index is -0.826. The van der Waals surface area contributed by atoms with E-state index >= 15 is 0 Å². The molecule has 2 aromatic carbocycles. The van der Waals surface area contributed by atoms with E-state index in [-0.39, 0.29) is 28.3 Å². The minimum absolute atomic E-state index is 0. The number of hydrogen-bond donors (Lipinski definition) is 0. The van der Waals surface area contributed by atoms with Crippen LogP contribution in [0, 0.1) is 38.5 Å². The standard InChI is InChI=1S/C18H30S.C18H14S.2CH3.2ClH.H2S.Zr/c2*1-5-13-7-3-11-17(15(13)9-1)19-18-12-4-8-14-6-2-10-16(14)18;;;;;;/h13-18H,1-12H2;1-8,11-12H,9-10H2;2*1H3;2*1H;1H2;/q;;2*-1;;;;+4/p-2.